The average molecular weight is 425 g/mol. The predicted molar refractivity (Wildman–Crippen MR) is 108 cm³/mol. The van der Waals surface area contributed by atoms with Crippen LogP contribution in [0.4, 0.5) is 13.2 Å². The topological polar surface area (TPSA) is 67.6 Å². The van der Waals surface area contributed by atoms with Crippen molar-refractivity contribution in [3.8, 4) is 5.75 Å². The number of hydrogen-bond acceptors (Lipinski definition) is 4. The summed E-state index contributed by atoms with van der Waals surface area (Å²) in [7, 11) is 0. The molecule has 0 radical (unpaired) electrons. The maximum absolute atomic E-state index is 13.7. The van der Waals surface area contributed by atoms with Crippen molar-refractivity contribution >= 4 is 23.1 Å². The molecule has 2 aromatic rings. The molecule has 1 heterocycles. The third kappa shape index (κ3) is 5.68. The Morgan fingerprint density at radius 1 is 1.24 bits per heavy atom. The van der Waals surface area contributed by atoms with Gasteiger partial charge >= 0.3 is 0 Å². The second-order valence-electron chi connectivity index (χ2n) is 6.20. The second kappa shape index (κ2) is 10.2. The van der Waals surface area contributed by atoms with E-state index in [9.17, 15) is 18.0 Å². The third-order valence-electron chi connectivity index (χ3n) is 4.03. The van der Waals surface area contributed by atoms with Gasteiger partial charge in [0.2, 0.25) is 5.91 Å². The van der Waals surface area contributed by atoms with E-state index in [-0.39, 0.29) is 16.5 Å². The highest BCUT2D eigenvalue weighted by Crippen LogP contribution is 2.35. The molecule has 5 nitrogen and oxygen atoms in total. The molecule has 0 aromatic heterocycles. The number of thiocarbonyl (C=S) groups is 1. The molecular weight excluding hydrogens is 403 g/mol. The minimum Gasteiger partial charge on any atom is -0.493 e. The number of nitrogens with two attached hydrogens (primary N) is 1. The van der Waals surface area contributed by atoms with E-state index in [1.807, 2.05) is 6.92 Å². The zero-order valence-electron chi connectivity index (χ0n) is 16.0. The van der Waals surface area contributed by atoms with Crippen LogP contribution < -0.4 is 15.9 Å². The molecule has 1 amide bonds. The molecule has 1 aliphatic heterocycles. The van der Waals surface area contributed by atoms with Gasteiger partial charge in [-0.05, 0) is 42.9 Å². The molecule has 0 spiro atoms. The molecule has 29 heavy (non-hydrogen) atoms. The Kier molecular flexibility index (Phi) is 7.98. The summed E-state index contributed by atoms with van der Waals surface area (Å²) in [5.41, 5.74) is 8.33. The Bertz CT molecular complexity index is 895. The third-order valence-corrected chi connectivity index (χ3v) is 4.36. The Balaban J connectivity index is 0.000000941. The molecule has 2 aromatic carbocycles. The normalized spacial score (nSPS) is 14.6. The van der Waals surface area contributed by atoms with E-state index < -0.39 is 23.5 Å². The number of rotatable bonds is 2. The molecule has 1 unspecified atom stereocenters. The number of carbonyl (C=O) groups excluding carboxylic acids is 1. The Morgan fingerprint density at radius 2 is 1.93 bits per heavy atom. The van der Waals surface area contributed by atoms with Crippen LogP contribution >= 0.6 is 12.2 Å². The summed E-state index contributed by atoms with van der Waals surface area (Å²) in [6.45, 7) is 4.32. The van der Waals surface area contributed by atoms with Gasteiger partial charge in [0.05, 0.1) is 12.6 Å². The maximum Gasteiger partial charge on any atom is 0.238 e. The van der Waals surface area contributed by atoms with Crippen molar-refractivity contribution in [3.63, 3.8) is 0 Å². The zero-order chi connectivity index (χ0) is 21.6. The van der Waals surface area contributed by atoms with Crippen molar-refractivity contribution in [2.24, 2.45) is 5.73 Å². The fourth-order valence-electron chi connectivity index (χ4n) is 2.80. The minimum absolute atomic E-state index is 0.0449. The quantitative estimate of drug-likeness (QED) is 0.568. The molecule has 0 aliphatic carbocycles. The van der Waals surface area contributed by atoms with E-state index in [1.165, 1.54) is 36.2 Å². The van der Waals surface area contributed by atoms with Crippen LogP contribution in [-0.2, 0) is 4.79 Å². The number of benzene rings is 2. The van der Waals surface area contributed by atoms with Gasteiger partial charge in [0.25, 0.3) is 0 Å². The lowest BCUT2D eigenvalue weighted by atomic mass is 9.99. The van der Waals surface area contributed by atoms with Gasteiger partial charge in [-0.15, -0.1) is 0 Å². The first-order valence-electron chi connectivity index (χ1n) is 8.96. The number of carbonyl (C=O) groups is 1. The summed E-state index contributed by atoms with van der Waals surface area (Å²) in [5, 5.41) is 1.25. The number of nitrogens with one attached hydrogen (secondary N) is 1. The molecule has 0 bridgehead atoms. The summed E-state index contributed by atoms with van der Waals surface area (Å²) in [4.78, 5) is 12.2. The molecule has 1 aliphatic rings. The van der Waals surface area contributed by atoms with Crippen molar-refractivity contribution in [2.75, 3.05) is 13.2 Å². The number of ether oxygens (including phenoxy) is 1. The zero-order valence-corrected chi connectivity index (χ0v) is 16.9. The van der Waals surface area contributed by atoms with Gasteiger partial charge in [-0.3, -0.25) is 10.2 Å². The first-order valence-corrected chi connectivity index (χ1v) is 9.37. The van der Waals surface area contributed by atoms with Crippen LogP contribution in [0.15, 0.2) is 36.4 Å². The van der Waals surface area contributed by atoms with Crippen LogP contribution in [0.5, 0.6) is 5.75 Å². The molecule has 3 rings (SSSR count). The Morgan fingerprint density at radius 3 is 2.55 bits per heavy atom. The second-order valence-corrected chi connectivity index (χ2v) is 6.61. The van der Waals surface area contributed by atoms with E-state index >= 15 is 0 Å². The number of halogens is 3. The van der Waals surface area contributed by atoms with Crippen molar-refractivity contribution in [3.05, 3.63) is 65.0 Å². The number of fused-ring (bicyclic) bond motifs is 1. The first-order chi connectivity index (χ1) is 13.8. The van der Waals surface area contributed by atoms with E-state index in [2.05, 4.69) is 5.43 Å². The number of nitrogens with zero attached hydrogens (tertiary/aromatic N) is 1. The summed E-state index contributed by atoms with van der Waals surface area (Å²) in [5.74, 6) is -2.37. The fourth-order valence-corrected chi connectivity index (χ4v) is 3.03. The lowest BCUT2D eigenvalue weighted by Crippen LogP contribution is -2.48. The highest BCUT2D eigenvalue weighted by molar-refractivity contribution is 7.80. The molecule has 156 valence electrons. The molecule has 3 N–H and O–H groups in total. The van der Waals surface area contributed by atoms with Gasteiger partial charge in [-0.1, -0.05) is 19.1 Å². The standard InChI is InChI=1S/C18H15F3N2O2S.C2H7N/c1-10(24)23(22-18(26)11-2-4-14(20)15(21)8-11)16-6-7-25-17-5-3-12(19)9-13(16)17;1-2-3/h2-5,8-9,16H,6-7H2,1H3,(H,22,26);2-3H2,1H3. The highest BCUT2D eigenvalue weighted by Gasteiger charge is 2.30. The predicted octanol–water partition coefficient (Wildman–Crippen LogP) is 3.62. The first kappa shape index (κ1) is 22.6. The van der Waals surface area contributed by atoms with E-state index in [0.717, 1.165) is 18.7 Å². The lowest BCUT2D eigenvalue weighted by Gasteiger charge is -2.35. The van der Waals surface area contributed by atoms with Crippen molar-refractivity contribution < 1.29 is 22.7 Å². The highest BCUT2D eigenvalue weighted by atomic mass is 32.1. The summed E-state index contributed by atoms with van der Waals surface area (Å²) in [6.07, 6.45) is 0.420. The summed E-state index contributed by atoms with van der Waals surface area (Å²) in [6, 6.07) is 6.77. The van der Waals surface area contributed by atoms with Gasteiger partial charge in [0.15, 0.2) is 11.6 Å². The number of amides is 1. The van der Waals surface area contributed by atoms with Crippen LogP contribution in [0.2, 0.25) is 0 Å². The SMILES string of the molecule is CC(=O)N(NC(=S)c1ccc(F)c(F)c1)C1CCOc2ccc(F)cc21.CCN. The van der Waals surface area contributed by atoms with Crippen molar-refractivity contribution in [2.45, 2.75) is 26.3 Å². The van der Waals surface area contributed by atoms with Gasteiger partial charge in [0, 0.05) is 24.5 Å². The van der Waals surface area contributed by atoms with E-state index in [1.54, 1.807) is 0 Å². The van der Waals surface area contributed by atoms with Gasteiger partial charge < -0.3 is 10.5 Å². The van der Waals surface area contributed by atoms with Crippen LogP contribution in [0, 0.1) is 17.5 Å². The molecular formula is C20H22F3N3O2S. The van der Waals surface area contributed by atoms with Crippen molar-refractivity contribution in [1.29, 1.82) is 0 Å². The monoisotopic (exact) mass is 425 g/mol. The molecule has 0 saturated carbocycles. The molecule has 0 fully saturated rings. The van der Waals surface area contributed by atoms with Gasteiger partial charge in [-0.2, -0.15) is 0 Å². The van der Waals surface area contributed by atoms with E-state index in [4.69, 9.17) is 22.7 Å². The lowest BCUT2D eigenvalue weighted by molar-refractivity contribution is -0.134. The smallest absolute Gasteiger partial charge is 0.238 e. The Labute approximate surface area is 172 Å². The van der Waals surface area contributed by atoms with Crippen molar-refractivity contribution in [1.82, 2.24) is 10.4 Å². The summed E-state index contributed by atoms with van der Waals surface area (Å²) < 4.78 is 45.7. The van der Waals surface area contributed by atoms with Crippen LogP contribution in [0.25, 0.3) is 0 Å². The average Bonchev–Trinajstić information content (AvgIpc) is 2.68. The van der Waals surface area contributed by atoms with Gasteiger partial charge in [0.1, 0.15) is 16.6 Å². The van der Waals surface area contributed by atoms with Crippen LogP contribution in [-0.4, -0.2) is 29.1 Å². The van der Waals surface area contributed by atoms with Crippen LogP contribution in [0.1, 0.15) is 37.4 Å². The molecule has 9 heteroatoms. The minimum atomic E-state index is -1.04. The molecule has 1 atom stereocenters. The molecule has 0 saturated heterocycles. The number of hydrazine groups is 1. The van der Waals surface area contributed by atoms with Crippen LogP contribution in [0.3, 0.4) is 0 Å². The Hall–Kier alpha value is -2.65. The number of hydrogen-bond donors (Lipinski definition) is 2. The maximum atomic E-state index is 13.7. The van der Waals surface area contributed by atoms with E-state index in [0.29, 0.717) is 24.3 Å². The largest absolute Gasteiger partial charge is 0.493 e. The fraction of sp³-hybridized carbons (Fsp3) is 0.300. The van der Waals surface area contributed by atoms with Gasteiger partial charge in [-0.25, -0.2) is 18.2 Å². The summed E-state index contributed by atoms with van der Waals surface area (Å²) >= 11 is 5.21.